The molecule has 2 rings (SSSR count). The van der Waals surface area contributed by atoms with Gasteiger partial charge in [-0.25, -0.2) is 0 Å². The highest BCUT2D eigenvalue weighted by molar-refractivity contribution is 5.98. The van der Waals surface area contributed by atoms with E-state index >= 15 is 0 Å². The second kappa shape index (κ2) is 7.40. The maximum Gasteiger partial charge on any atom is 0.320 e. The van der Waals surface area contributed by atoms with Gasteiger partial charge >= 0.3 is 5.97 Å². The predicted octanol–water partition coefficient (Wildman–Crippen LogP) is 1.85. The van der Waals surface area contributed by atoms with Crippen LogP contribution in [-0.4, -0.2) is 49.1 Å². The van der Waals surface area contributed by atoms with Gasteiger partial charge in [0, 0.05) is 18.8 Å². The molecule has 0 aromatic heterocycles. The first-order valence-corrected chi connectivity index (χ1v) is 7.87. The van der Waals surface area contributed by atoms with Crippen LogP contribution >= 0.6 is 0 Å². The molecule has 1 unspecified atom stereocenters. The van der Waals surface area contributed by atoms with Crippen LogP contribution in [0.25, 0.3) is 0 Å². The van der Waals surface area contributed by atoms with Gasteiger partial charge in [0.2, 0.25) is 5.91 Å². The molecule has 0 saturated carbocycles. The summed E-state index contributed by atoms with van der Waals surface area (Å²) in [6, 6.07) is 7.68. The Kier molecular flexibility index (Phi) is 5.55. The second-order valence-corrected chi connectivity index (χ2v) is 5.42. The van der Waals surface area contributed by atoms with Gasteiger partial charge in [-0.2, -0.15) is 0 Å². The fourth-order valence-corrected chi connectivity index (χ4v) is 2.81. The van der Waals surface area contributed by atoms with Gasteiger partial charge in [-0.1, -0.05) is 25.1 Å². The quantitative estimate of drug-likeness (QED) is 0.779. The molecule has 1 aromatic carbocycles. The number of ether oxygens (including phenoxy) is 1. The molecule has 1 fully saturated rings. The third-order valence-corrected chi connectivity index (χ3v) is 4.08. The Morgan fingerprint density at radius 2 is 2.00 bits per heavy atom. The molecule has 1 atom stereocenters. The van der Waals surface area contributed by atoms with E-state index in [0.717, 1.165) is 12.1 Å². The molecular formula is C17H24N2O3. The van der Waals surface area contributed by atoms with Crippen LogP contribution in [-0.2, 0) is 20.7 Å². The monoisotopic (exact) mass is 304 g/mol. The molecule has 0 N–H and O–H groups in total. The maximum atomic E-state index is 12.7. The minimum atomic E-state index is -0.317. The number of benzene rings is 1. The first kappa shape index (κ1) is 16.5. The summed E-state index contributed by atoms with van der Waals surface area (Å²) in [7, 11) is 0. The predicted molar refractivity (Wildman–Crippen MR) is 85.8 cm³/mol. The molecule has 1 amide bonds. The highest BCUT2D eigenvalue weighted by Gasteiger charge is 2.33. The summed E-state index contributed by atoms with van der Waals surface area (Å²) in [4.78, 5) is 28.0. The van der Waals surface area contributed by atoms with Gasteiger partial charge in [0.15, 0.2) is 0 Å². The van der Waals surface area contributed by atoms with E-state index in [-0.39, 0.29) is 24.5 Å². The molecule has 1 saturated heterocycles. The molecule has 0 bridgehead atoms. The van der Waals surface area contributed by atoms with Gasteiger partial charge in [-0.15, -0.1) is 0 Å². The van der Waals surface area contributed by atoms with Crippen LogP contribution in [0.1, 0.15) is 26.3 Å². The zero-order chi connectivity index (χ0) is 16.1. The third-order valence-electron chi connectivity index (χ3n) is 4.08. The number of aryl methyl sites for hydroxylation is 1. The zero-order valence-electron chi connectivity index (χ0n) is 13.5. The molecule has 120 valence electrons. The molecule has 0 spiro atoms. The van der Waals surface area contributed by atoms with Crippen molar-refractivity contribution in [3.8, 4) is 0 Å². The number of para-hydroxylation sites is 1. The van der Waals surface area contributed by atoms with Crippen molar-refractivity contribution in [1.29, 1.82) is 0 Å². The van der Waals surface area contributed by atoms with Crippen molar-refractivity contribution < 1.29 is 14.3 Å². The van der Waals surface area contributed by atoms with E-state index in [9.17, 15) is 9.59 Å². The lowest BCUT2D eigenvalue weighted by molar-refractivity contribution is -0.145. The number of esters is 1. The van der Waals surface area contributed by atoms with Crippen LogP contribution in [0, 0.1) is 0 Å². The molecule has 1 heterocycles. The molecule has 5 heteroatoms. The number of amides is 1. The average Bonchev–Trinajstić information content (AvgIpc) is 2.52. The lowest BCUT2D eigenvalue weighted by atomic mass is 10.1. The van der Waals surface area contributed by atoms with Crippen LogP contribution in [0.2, 0.25) is 0 Å². The highest BCUT2D eigenvalue weighted by atomic mass is 16.5. The number of anilines is 1. The van der Waals surface area contributed by atoms with E-state index in [4.69, 9.17) is 4.74 Å². The maximum absolute atomic E-state index is 12.7. The SMILES string of the molecule is CCOC(=O)CN1CCN(c2ccccc2CC)C(=O)C1C. The van der Waals surface area contributed by atoms with Crippen molar-refractivity contribution in [3.05, 3.63) is 29.8 Å². The summed E-state index contributed by atoms with van der Waals surface area (Å²) in [5.41, 5.74) is 2.15. The van der Waals surface area contributed by atoms with E-state index in [2.05, 4.69) is 13.0 Å². The minimum Gasteiger partial charge on any atom is -0.465 e. The number of nitrogens with zero attached hydrogens (tertiary/aromatic N) is 2. The second-order valence-electron chi connectivity index (χ2n) is 5.42. The Balaban J connectivity index is 2.11. The number of carbonyl (C=O) groups is 2. The van der Waals surface area contributed by atoms with Crippen molar-refractivity contribution in [2.24, 2.45) is 0 Å². The first-order valence-electron chi connectivity index (χ1n) is 7.87. The van der Waals surface area contributed by atoms with Crippen molar-refractivity contribution in [2.45, 2.75) is 33.2 Å². The number of rotatable bonds is 5. The Morgan fingerprint density at radius 1 is 1.27 bits per heavy atom. The van der Waals surface area contributed by atoms with Gasteiger partial charge in [-0.3, -0.25) is 14.5 Å². The summed E-state index contributed by atoms with van der Waals surface area (Å²) in [5.74, 6) is -0.235. The summed E-state index contributed by atoms with van der Waals surface area (Å²) in [5, 5.41) is 0. The zero-order valence-corrected chi connectivity index (χ0v) is 13.5. The first-order chi connectivity index (χ1) is 10.6. The number of hydrogen-bond donors (Lipinski definition) is 0. The topological polar surface area (TPSA) is 49.9 Å². The molecule has 0 aliphatic carbocycles. The van der Waals surface area contributed by atoms with Gasteiger partial charge in [0.25, 0.3) is 0 Å². The van der Waals surface area contributed by atoms with Gasteiger partial charge in [0.1, 0.15) is 0 Å². The smallest absolute Gasteiger partial charge is 0.320 e. The van der Waals surface area contributed by atoms with E-state index in [1.807, 2.05) is 34.9 Å². The van der Waals surface area contributed by atoms with Crippen molar-refractivity contribution in [1.82, 2.24) is 4.90 Å². The van der Waals surface area contributed by atoms with E-state index in [1.54, 1.807) is 6.92 Å². The summed E-state index contributed by atoms with van der Waals surface area (Å²) >= 11 is 0. The van der Waals surface area contributed by atoms with E-state index < -0.39 is 0 Å². The standard InChI is InChI=1S/C17H24N2O3/c1-4-14-8-6-7-9-15(14)19-11-10-18(13(3)17(19)21)12-16(20)22-5-2/h6-9,13H,4-5,10-12H2,1-3H3. The fourth-order valence-electron chi connectivity index (χ4n) is 2.81. The van der Waals surface area contributed by atoms with Crippen LogP contribution in [0.3, 0.4) is 0 Å². The Bertz CT molecular complexity index is 544. The Morgan fingerprint density at radius 3 is 2.68 bits per heavy atom. The van der Waals surface area contributed by atoms with Gasteiger partial charge in [0.05, 0.1) is 19.2 Å². The molecule has 1 aliphatic heterocycles. The molecular weight excluding hydrogens is 280 g/mol. The largest absolute Gasteiger partial charge is 0.465 e. The van der Waals surface area contributed by atoms with E-state index in [0.29, 0.717) is 19.7 Å². The van der Waals surface area contributed by atoms with Crippen LogP contribution < -0.4 is 4.90 Å². The number of carbonyl (C=O) groups excluding carboxylic acids is 2. The third kappa shape index (κ3) is 3.47. The molecule has 0 radical (unpaired) electrons. The van der Waals surface area contributed by atoms with Crippen molar-refractivity contribution in [2.75, 3.05) is 31.1 Å². The molecule has 22 heavy (non-hydrogen) atoms. The lowest BCUT2D eigenvalue weighted by Gasteiger charge is -2.39. The fraction of sp³-hybridized carbons (Fsp3) is 0.529. The minimum absolute atomic E-state index is 0.0384. The van der Waals surface area contributed by atoms with Gasteiger partial charge < -0.3 is 9.64 Å². The van der Waals surface area contributed by atoms with Crippen molar-refractivity contribution in [3.63, 3.8) is 0 Å². The number of piperazine rings is 1. The molecule has 1 aliphatic rings. The Labute approximate surface area is 131 Å². The van der Waals surface area contributed by atoms with E-state index in [1.165, 1.54) is 5.56 Å². The van der Waals surface area contributed by atoms with Crippen molar-refractivity contribution >= 4 is 17.6 Å². The highest BCUT2D eigenvalue weighted by Crippen LogP contribution is 2.24. The van der Waals surface area contributed by atoms with Crippen LogP contribution in [0.15, 0.2) is 24.3 Å². The summed E-state index contributed by atoms with van der Waals surface area (Å²) < 4.78 is 4.97. The van der Waals surface area contributed by atoms with Gasteiger partial charge in [-0.05, 0) is 31.9 Å². The lowest BCUT2D eigenvalue weighted by Crippen LogP contribution is -2.57. The number of hydrogen-bond acceptors (Lipinski definition) is 4. The summed E-state index contributed by atoms with van der Waals surface area (Å²) in [6.07, 6.45) is 0.890. The summed E-state index contributed by atoms with van der Waals surface area (Å²) in [6.45, 7) is 7.52. The van der Waals surface area contributed by atoms with Crippen LogP contribution in [0.5, 0.6) is 0 Å². The molecule has 5 nitrogen and oxygen atoms in total. The normalized spacial score (nSPS) is 19.3. The molecule has 1 aromatic rings. The van der Waals surface area contributed by atoms with Crippen LogP contribution in [0.4, 0.5) is 5.69 Å². The average molecular weight is 304 g/mol. The Hall–Kier alpha value is -1.88.